The Morgan fingerprint density at radius 3 is 2.55 bits per heavy atom. The number of hydrogen-bond donors (Lipinski definition) is 0. The van der Waals surface area contributed by atoms with Gasteiger partial charge in [0.25, 0.3) is 0 Å². The second kappa shape index (κ2) is 9.65. The predicted molar refractivity (Wildman–Crippen MR) is 109 cm³/mol. The van der Waals surface area contributed by atoms with Crippen molar-refractivity contribution < 1.29 is 30.5 Å². The normalized spacial score (nSPS) is 21.5. The number of rotatable bonds is 3. The Balaban J connectivity index is 1.48. The van der Waals surface area contributed by atoms with Crippen LogP contribution >= 0.6 is 0 Å². The molecular weight excluding hydrogens is 477 g/mol. The Kier molecular flexibility index (Phi) is 6.51. The summed E-state index contributed by atoms with van der Waals surface area (Å²) in [5.74, 6) is 1.29. The predicted octanol–water partition coefficient (Wildman–Crippen LogP) is 0.716. The van der Waals surface area contributed by atoms with Gasteiger partial charge < -0.3 is 0 Å². The van der Waals surface area contributed by atoms with Crippen LogP contribution in [-0.4, -0.2) is 38.5 Å². The van der Waals surface area contributed by atoms with Crippen LogP contribution in [0.4, 0.5) is 0 Å². The van der Waals surface area contributed by atoms with Crippen molar-refractivity contribution >= 4 is 11.5 Å². The van der Waals surface area contributed by atoms with Crippen molar-refractivity contribution in [3.8, 4) is 0 Å². The molecule has 0 radical (unpaired) electrons. The topological polar surface area (TPSA) is 59.2 Å². The van der Waals surface area contributed by atoms with E-state index in [1.165, 1.54) is 0 Å². The molecule has 1 saturated heterocycles. The first-order valence-electron chi connectivity index (χ1n) is 9.45. The Morgan fingerprint density at radius 1 is 0.966 bits per heavy atom. The Labute approximate surface area is 180 Å². The third-order valence-corrected chi connectivity index (χ3v) is 7.62. The zero-order valence-electron chi connectivity index (χ0n) is 15.8. The Morgan fingerprint density at radius 2 is 1.69 bits per heavy atom. The number of carbonyl (C=O) groups excluding carboxylic acids is 1. The SMILES string of the molecule is O=C(C1=CC=CC=CC=C1)N1CC[I-]C(c2nc(C3=CC=CC=CC=C3)no2)C1. The van der Waals surface area contributed by atoms with Gasteiger partial charge in [0, 0.05) is 0 Å². The van der Waals surface area contributed by atoms with Crippen molar-refractivity contribution in [2.45, 2.75) is 3.92 Å². The zero-order chi connectivity index (χ0) is 19.9. The van der Waals surface area contributed by atoms with Crippen LogP contribution in [0.5, 0.6) is 0 Å². The minimum absolute atomic E-state index is 0.0530. The fourth-order valence-electron chi connectivity index (χ4n) is 3.03. The van der Waals surface area contributed by atoms with Crippen molar-refractivity contribution in [2.24, 2.45) is 0 Å². The Hall–Kier alpha value is -2.74. The van der Waals surface area contributed by atoms with Crippen molar-refractivity contribution in [3.63, 3.8) is 0 Å². The summed E-state index contributed by atoms with van der Waals surface area (Å²) in [6, 6.07) is 0. The molecule has 148 valence electrons. The van der Waals surface area contributed by atoms with Crippen LogP contribution in [0.1, 0.15) is 15.6 Å². The van der Waals surface area contributed by atoms with E-state index in [0.29, 0.717) is 23.8 Å². The van der Waals surface area contributed by atoms with Crippen LogP contribution in [0.15, 0.2) is 95.2 Å². The maximum absolute atomic E-state index is 13.0. The number of halogens is 1. The van der Waals surface area contributed by atoms with Crippen LogP contribution in [-0.2, 0) is 4.79 Å². The second-order valence-electron chi connectivity index (χ2n) is 6.52. The quantitative estimate of drug-likeness (QED) is 0.456. The van der Waals surface area contributed by atoms with E-state index in [1.807, 2.05) is 90.0 Å². The molecule has 5 nitrogen and oxygen atoms in total. The first-order valence-corrected chi connectivity index (χ1v) is 12.2. The number of hydrogen-bond acceptors (Lipinski definition) is 4. The number of amides is 1. The molecule has 3 aliphatic rings. The number of alkyl halides is 2. The third kappa shape index (κ3) is 5.00. The number of allylic oxidation sites excluding steroid dienone is 14. The van der Waals surface area contributed by atoms with Gasteiger partial charge in [-0.25, -0.2) is 0 Å². The van der Waals surface area contributed by atoms with Crippen molar-refractivity contribution in [3.05, 3.63) is 102 Å². The van der Waals surface area contributed by atoms with Gasteiger partial charge in [-0.1, -0.05) is 0 Å². The van der Waals surface area contributed by atoms with E-state index in [9.17, 15) is 4.79 Å². The molecule has 1 amide bonds. The standard InChI is InChI=1S/C23H21IN3O2/c28-23(19-13-9-5-2-6-10-14-19)27-16-15-24-20(17-27)22-25-21(26-29-22)18-11-7-3-1-4-8-12-18/h1-14,20H,15-17H2/q-1. The molecular formula is C23H21IN3O2-. The summed E-state index contributed by atoms with van der Waals surface area (Å²) in [7, 11) is 0. The fourth-order valence-corrected chi connectivity index (χ4v) is 6.03. The van der Waals surface area contributed by atoms with Crippen LogP contribution < -0.4 is 21.2 Å². The molecule has 6 heteroatoms. The molecule has 1 aromatic rings. The van der Waals surface area contributed by atoms with Gasteiger partial charge in [-0.2, -0.15) is 0 Å². The van der Waals surface area contributed by atoms with E-state index in [-0.39, 0.29) is 31.0 Å². The summed E-state index contributed by atoms with van der Waals surface area (Å²) >= 11 is -0.142. The molecule has 0 spiro atoms. The monoisotopic (exact) mass is 498 g/mol. The van der Waals surface area contributed by atoms with Crippen LogP contribution in [0.2, 0.25) is 0 Å². The van der Waals surface area contributed by atoms with Gasteiger partial charge in [-0.05, 0) is 0 Å². The second-order valence-corrected chi connectivity index (χ2v) is 9.98. The molecule has 0 bridgehead atoms. The molecule has 1 aliphatic heterocycles. The molecule has 1 aromatic heterocycles. The molecule has 1 fully saturated rings. The van der Waals surface area contributed by atoms with Crippen molar-refractivity contribution in [1.29, 1.82) is 0 Å². The van der Waals surface area contributed by atoms with E-state index >= 15 is 0 Å². The summed E-state index contributed by atoms with van der Waals surface area (Å²) < 4.78 is 6.79. The van der Waals surface area contributed by atoms with E-state index in [4.69, 9.17) is 4.52 Å². The van der Waals surface area contributed by atoms with E-state index in [0.717, 1.165) is 16.5 Å². The minimum atomic E-state index is -0.142. The van der Waals surface area contributed by atoms with Gasteiger partial charge in [0.15, 0.2) is 0 Å². The van der Waals surface area contributed by atoms with Gasteiger partial charge in [0.2, 0.25) is 0 Å². The van der Waals surface area contributed by atoms with E-state index in [1.54, 1.807) is 0 Å². The first kappa shape index (κ1) is 19.6. The fraction of sp³-hybridized carbons (Fsp3) is 0.174. The molecule has 29 heavy (non-hydrogen) atoms. The summed E-state index contributed by atoms with van der Waals surface area (Å²) in [4.78, 5) is 19.5. The van der Waals surface area contributed by atoms with Gasteiger partial charge in [0.05, 0.1) is 0 Å². The number of carbonyl (C=O) groups is 1. The van der Waals surface area contributed by atoms with Crippen LogP contribution in [0, 0.1) is 0 Å². The summed E-state index contributed by atoms with van der Waals surface area (Å²) in [6.07, 6.45) is 27.0. The summed E-state index contributed by atoms with van der Waals surface area (Å²) in [5, 5.41) is 4.18. The van der Waals surface area contributed by atoms with Crippen LogP contribution in [0.25, 0.3) is 5.57 Å². The van der Waals surface area contributed by atoms with Gasteiger partial charge in [-0.15, -0.1) is 0 Å². The van der Waals surface area contributed by atoms with Crippen LogP contribution in [0.3, 0.4) is 0 Å². The average molecular weight is 498 g/mol. The Bertz CT molecular complexity index is 1010. The molecule has 4 rings (SSSR count). The molecule has 2 heterocycles. The zero-order valence-corrected chi connectivity index (χ0v) is 18.0. The van der Waals surface area contributed by atoms with Gasteiger partial charge >= 0.3 is 181 Å². The molecule has 0 aromatic carbocycles. The molecule has 2 aliphatic carbocycles. The molecule has 1 atom stereocenters. The molecule has 1 unspecified atom stereocenters. The van der Waals surface area contributed by atoms with Gasteiger partial charge in [0.1, 0.15) is 0 Å². The van der Waals surface area contributed by atoms with Crippen molar-refractivity contribution in [2.75, 3.05) is 17.5 Å². The average Bonchev–Trinajstić information content (AvgIpc) is 3.17. The summed E-state index contributed by atoms with van der Waals surface area (Å²) in [6.45, 7) is 1.43. The van der Waals surface area contributed by atoms with E-state index < -0.39 is 0 Å². The number of nitrogens with zero attached hydrogens (tertiary/aromatic N) is 3. The van der Waals surface area contributed by atoms with E-state index in [2.05, 4.69) is 10.1 Å². The van der Waals surface area contributed by atoms with Gasteiger partial charge in [-0.3, -0.25) is 0 Å². The summed E-state index contributed by atoms with van der Waals surface area (Å²) in [5.41, 5.74) is 1.60. The number of aromatic nitrogens is 2. The maximum atomic E-state index is 13.0. The van der Waals surface area contributed by atoms with Crippen molar-refractivity contribution in [1.82, 2.24) is 15.0 Å². The third-order valence-electron chi connectivity index (χ3n) is 4.52. The molecule has 0 saturated carbocycles. The molecule has 0 N–H and O–H groups in total. The first-order chi connectivity index (χ1) is 14.3.